The summed E-state index contributed by atoms with van der Waals surface area (Å²) in [6, 6.07) is 5.94. The summed E-state index contributed by atoms with van der Waals surface area (Å²) < 4.78 is 40.0. The number of benzene rings is 1. The monoisotopic (exact) mass is 300 g/mol. The van der Waals surface area contributed by atoms with Crippen molar-refractivity contribution in [1.82, 2.24) is 9.62 Å². The maximum Gasteiger partial charge on any atom is 0.245 e. The van der Waals surface area contributed by atoms with Crippen LogP contribution < -0.4 is 5.32 Å². The molecule has 1 aromatic rings. The Hall–Kier alpha value is -0.980. The molecule has 20 heavy (non-hydrogen) atoms. The van der Waals surface area contributed by atoms with Crippen molar-refractivity contribution in [2.75, 3.05) is 14.1 Å². The largest absolute Gasteiger partial charge is 0.317 e. The Morgan fingerprint density at radius 3 is 2.35 bits per heavy atom. The van der Waals surface area contributed by atoms with E-state index in [0.29, 0.717) is 6.04 Å². The topological polar surface area (TPSA) is 49.4 Å². The molecular weight excluding hydrogens is 279 g/mol. The molecule has 6 heteroatoms. The van der Waals surface area contributed by atoms with Crippen molar-refractivity contribution in [3.05, 3.63) is 30.1 Å². The molecule has 0 radical (unpaired) electrons. The van der Waals surface area contributed by atoms with Crippen LogP contribution in [0.4, 0.5) is 4.39 Å². The summed E-state index contributed by atoms with van der Waals surface area (Å²) in [5.41, 5.74) is 0. The van der Waals surface area contributed by atoms with Gasteiger partial charge >= 0.3 is 0 Å². The maximum atomic E-state index is 13.7. The van der Waals surface area contributed by atoms with Gasteiger partial charge in [0.25, 0.3) is 0 Å². The van der Waals surface area contributed by atoms with Gasteiger partial charge in [0.1, 0.15) is 10.7 Å². The first-order valence-electron chi connectivity index (χ1n) is 6.86. The van der Waals surface area contributed by atoms with Crippen molar-refractivity contribution in [2.24, 2.45) is 0 Å². The van der Waals surface area contributed by atoms with Crippen LogP contribution in [0.15, 0.2) is 29.2 Å². The Balaban J connectivity index is 2.16. The minimum atomic E-state index is -3.76. The van der Waals surface area contributed by atoms with E-state index in [4.69, 9.17) is 0 Å². The maximum absolute atomic E-state index is 13.7. The lowest BCUT2D eigenvalue weighted by Crippen LogP contribution is -2.42. The van der Waals surface area contributed by atoms with Gasteiger partial charge in [0.2, 0.25) is 10.0 Å². The number of hydrogen-bond donors (Lipinski definition) is 1. The number of hydrogen-bond acceptors (Lipinski definition) is 3. The van der Waals surface area contributed by atoms with Crippen LogP contribution in [0.25, 0.3) is 0 Å². The van der Waals surface area contributed by atoms with Crippen molar-refractivity contribution in [1.29, 1.82) is 0 Å². The summed E-state index contributed by atoms with van der Waals surface area (Å²) in [4.78, 5) is -0.238. The van der Waals surface area contributed by atoms with Gasteiger partial charge in [-0.25, -0.2) is 12.8 Å². The molecule has 0 saturated heterocycles. The third-order valence-corrected chi connectivity index (χ3v) is 6.06. The average molecular weight is 300 g/mol. The highest BCUT2D eigenvalue weighted by atomic mass is 32.2. The van der Waals surface area contributed by atoms with Gasteiger partial charge in [-0.3, -0.25) is 0 Å². The molecule has 0 heterocycles. The Labute approximate surface area is 120 Å². The second kappa shape index (κ2) is 6.20. The summed E-state index contributed by atoms with van der Waals surface area (Å²) in [7, 11) is -0.286. The fourth-order valence-corrected chi connectivity index (χ4v) is 4.21. The lowest BCUT2D eigenvalue weighted by molar-refractivity contribution is 0.254. The normalized spacial score (nSPS) is 24.0. The highest BCUT2D eigenvalue weighted by molar-refractivity contribution is 7.89. The smallest absolute Gasteiger partial charge is 0.245 e. The fourth-order valence-electron chi connectivity index (χ4n) is 2.73. The van der Waals surface area contributed by atoms with Crippen LogP contribution in [0.1, 0.15) is 25.7 Å². The summed E-state index contributed by atoms with van der Waals surface area (Å²) in [5, 5.41) is 3.21. The van der Waals surface area contributed by atoms with Crippen LogP contribution in [-0.2, 0) is 10.0 Å². The molecule has 0 unspecified atom stereocenters. The molecule has 0 spiro atoms. The summed E-state index contributed by atoms with van der Waals surface area (Å²) in [6.07, 6.45) is 3.49. The molecule has 0 atom stereocenters. The number of sulfonamides is 1. The first kappa shape index (κ1) is 15.4. The fraction of sp³-hybridized carbons (Fsp3) is 0.571. The molecule has 0 amide bonds. The van der Waals surface area contributed by atoms with Crippen LogP contribution >= 0.6 is 0 Å². The highest BCUT2D eigenvalue weighted by Gasteiger charge is 2.32. The van der Waals surface area contributed by atoms with Crippen LogP contribution in [0.2, 0.25) is 0 Å². The van der Waals surface area contributed by atoms with Gasteiger partial charge in [0.05, 0.1) is 0 Å². The predicted octanol–water partition coefficient (Wildman–Crippen LogP) is 1.98. The second-order valence-electron chi connectivity index (χ2n) is 5.25. The van der Waals surface area contributed by atoms with E-state index in [-0.39, 0.29) is 10.9 Å². The molecule has 1 N–H and O–H groups in total. The van der Waals surface area contributed by atoms with Crippen molar-refractivity contribution in [3.63, 3.8) is 0 Å². The van der Waals surface area contributed by atoms with Gasteiger partial charge in [0, 0.05) is 19.1 Å². The number of nitrogens with one attached hydrogen (secondary N) is 1. The van der Waals surface area contributed by atoms with Crippen LogP contribution in [0.3, 0.4) is 0 Å². The summed E-state index contributed by atoms with van der Waals surface area (Å²) in [5.74, 6) is -0.691. The standard InChI is InChI=1S/C14H21FN2O2S/c1-16-11-7-9-12(10-8-11)17(2)20(18,19)14-6-4-3-5-13(14)15/h3-6,11-12,16H,7-10H2,1-2H3. The Morgan fingerprint density at radius 1 is 1.20 bits per heavy atom. The molecule has 0 bridgehead atoms. The average Bonchev–Trinajstić information content (AvgIpc) is 2.47. The number of halogens is 1. The van der Waals surface area contributed by atoms with E-state index >= 15 is 0 Å². The van der Waals surface area contributed by atoms with Crippen molar-refractivity contribution in [2.45, 2.75) is 42.7 Å². The first-order valence-corrected chi connectivity index (χ1v) is 8.30. The number of rotatable bonds is 4. The molecule has 1 aliphatic rings. The molecule has 2 rings (SSSR count). The predicted molar refractivity (Wildman–Crippen MR) is 76.5 cm³/mol. The minimum Gasteiger partial charge on any atom is -0.317 e. The van der Waals surface area contributed by atoms with E-state index in [1.54, 1.807) is 13.1 Å². The third kappa shape index (κ3) is 3.02. The number of nitrogens with zero attached hydrogens (tertiary/aromatic N) is 1. The lowest BCUT2D eigenvalue weighted by Gasteiger charge is -2.33. The summed E-state index contributed by atoms with van der Waals surface area (Å²) in [6.45, 7) is 0. The van der Waals surface area contributed by atoms with E-state index in [1.807, 2.05) is 7.05 Å². The van der Waals surface area contributed by atoms with E-state index < -0.39 is 15.8 Å². The Kier molecular flexibility index (Phi) is 4.78. The molecule has 4 nitrogen and oxygen atoms in total. The van der Waals surface area contributed by atoms with Gasteiger partial charge < -0.3 is 5.32 Å². The van der Waals surface area contributed by atoms with E-state index in [0.717, 1.165) is 25.7 Å². The Morgan fingerprint density at radius 2 is 1.80 bits per heavy atom. The zero-order chi connectivity index (χ0) is 14.8. The van der Waals surface area contributed by atoms with Gasteiger partial charge in [-0.1, -0.05) is 12.1 Å². The Bertz CT molecular complexity index is 554. The lowest BCUT2D eigenvalue weighted by atomic mass is 9.91. The molecule has 112 valence electrons. The molecule has 1 aliphatic carbocycles. The van der Waals surface area contributed by atoms with Crippen molar-refractivity contribution >= 4 is 10.0 Å². The van der Waals surface area contributed by atoms with Gasteiger partial charge in [-0.15, -0.1) is 0 Å². The minimum absolute atomic E-state index is 0.0517. The zero-order valence-corrected chi connectivity index (χ0v) is 12.7. The highest BCUT2D eigenvalue weighted by Crippen LogP contribution is 2.27. The molecule has 1 saturated carbocycles. The van der Waals surface area contributed by atoms with E-state index in [9.17, 15) is 12.8 Å². The third-order valence-electron chi connectivity index (χ3n) is 4.11. The summed E-state index contributed by atoms with van der Waals surface area (Å²) >= 11 is 0. The van der Waals surface area contributed by atoms with E-state index in [1.165, 1.54) is 22.5 Å². The van der Waals surface area contributed by atoms with Crippen LogP contribution in [0, 0.1) is 5.82 Å². The van der Waals surface area contributed by atoms with Gasteiger partial charge in [-0.05, 0) is 44.9 Å². The second-order valence-corrected chi connectivity index (χ2v) is 7.21. The first-order chi connectivity index (χ1) is 9.46. The molecule has 0 aromatic heterocycles. The zero-order valence-electron chi connectivity index (χ0n) is 11.8. The molecule has 1 fully saturated rings. The van der Waals surface area contributed by atoms with Crippen molar-refractivity contribution in [3.8, 4) is 0 Å². The molecule has 1 aromatic carbocycles. The van der Waals surface area contributed by atoms with Crippen LogP contribution in [0.5, 0.6) is 0 Å². The van der Waals surface area contributed by atoms with Gasteiger partial charge in [-0.2, -0.15) is 4.31 Å². The van der Waals surface area contributed by atoms with E-state index in [2.05, 4.69) is 5.32 Å². The SMILES string of the molecule is CNC1CCC(N(C)S(=O)(=O)c2ccccc2F)CC1. The molecule has 0 aliphatic heterocycles. The van der Waals surface area contributed by atoms with Crippen molar-refractivity contribution < 1.29 is 12.8 Å². The molecular formula is C14H21FN2O2S. The van der Waals surface area contributed by atoms with Gasteiger partial charge in [0.15, 0.2) is 0 Å². The quantitative estimate of drug-likeness (QED) is 0.925. The van der Waals surface area contributed by atoms with Crippen LogP contribution in [-0.4, -0.2) is 38.9 Å².